The van der Waals surface area contributed by atoms with Crippen molar-refractivity contribution in [2.24, 2.45) is 5.92 Å². The smallest absolute Gasteiger partial charge is 0.407 e. The molecule has 2 aromatic heterocycles. The van der Waals surface area contributed by atoms with Crippen LogP contribution >= 0.6 is 0 Å². The molecule has 11 nitrogen and oxygen atoms in total. The number of imidazole rings is 1. The quantitative estimate of drug-likeness (QED) is 0.186. The summed E-state index contributed by atoms with van der Waals surface area (Å²) in [5.41, 5.74) is -0.320. The SMILES string of the molecule is CNC(=O)/C=C/CC[C@@H](CN(C)C(=O)O)C(=O)Nc1cccn(Cc2nc3c(CCC(F)(F)F)cc(F)cc3[nH]2)c1=O. The van der Waals surface area contributed by atoms with E-state index in [1.54, 1.807) is 6.08 Å². The Morgan fingerprint density at radius 2 is 2.00 bits per heavy atom. The fraction of sp³-hybridized carbons (Fsp3) is 0.370. The normalized spacial score (nSPS) is 12.4. The zero-order chi connectivity index (χ0) is 31.0. The number of carbonyl (C=O) groups is 3. The first-order valence-corrected chi connectivity index (χ1v) is 12.8. The number of benzene rings is 1. The summed E-state index contributed by atoms with van der Waals surface area (Å²) in [6, 6.07) is 4.94. The van der Waals surface area contributed by atoms with Crippen LogP contribution < -0.4 is 16.2 Å². The van der Waals surface area contributed by atoms with Crippen molar-refractivity contribution >= 4 is 34.6 Å². The van der Waals surface area contributed by atoms with Gasteiger partial charge in [0.1, 0.15) is 17.3 Å². The number of fused-ring (bicyclic) bond motifs is 1. The van der Waals surface area contributed by atoms with Gasteiger partial charge in [-0.3, -0.25) is 14.4 Å². The van der Waals surface area contributed by atoms with E-state index in [1.165, 1.54) is 43.1 Å². The topological polar surface area (TPSA) is 149 Å². The molecular weight excluding hydrogens is 564 g/mol. The van der Waals surface area contributed by atoms with Crippen molar-refractivity contribution in [2.45, 2.75) is 38.4 Å². The molecule has 0 bridgehead atoms. The molecule has 0 unspecified atom stereocenters. The number of pyridine rings is 1. The number of carboxylic acid groups (broad SMARTS) is 1. The lowest BCUT2D eigenvalue weighted by Gasteiger charge is -2.21. The van der Waals surface area contributed by atoms with Crippen molar-refractivity contribution in [3.05, 3.63) is 70.2 Å². The molecule has 15 heteroatoms. The van der Waals surface area contributed by atoms with E-state index in [9.17, 15) is 41.8 Å². The number of aromatic nitrogens is 3. The fourth-order valence-corrected chi connectivity index (χ4v) is 4.18. The van der Waals surface area contributed by atoms with Gasteiger partial charge in [-0.15, -0.1) is 0 Å². The monoisotopic (exact) mass is 594 g/mol. The third-order valence-electron chi connectivity index (χ3n) is 6.34. The van der Waals surface area contributed by atoms with Crippen molar-refractivity contribution in [3.63, 3.8) is 0 Å². The minimum absolute atomic E-state index is 0.0701. The van der Waals surface area contributed by atoms with Crippen LogP contribution in [-0.2, 0) is 22.6 Å². The number of H-pyrrole nitrogens is 1. The minimum Gasteiger partial charge on any atom is -0.465 e. The van der Waals surface area contributed by atoms with Crippen LogP contribution in [0.25, 0.3) is 11.0 Å². The highest BCUT2D eigenvalue weighted by Gasteiger charge is 2.27. The maximum absolute atomic E-state index is 14.0. The number of hydrogen-bond acceptors (Lipinski definition) is 5. The lowest BCUT2D eigenvalue weighted by Crippen LogP contribution is -2.37. The third kappa shape index (κ3) is 8.91. The number of nitrogens with one attached hydrogen (secondary N) is 3. The van der Waals surface area contributed by atoms with Gasteiger partial charge in [-0.1, -0.05) is 6.08 Å². The first-order valence-electron chi connectivity index (χ1n) is 12.8. The maximum atomic E-state index is 14.0. The van der Waals surface area contributed by atoms with Gasteiger partial charge in [0.25, 0.3) is 5.56 Å². The summed E-state index contributed by atoms with van der Waals surface area (Å²) in [4.78, 5) is 57.0. The van der Waals surface area contributed by atoms with Crippen LogP contribution in [0.5, 0.6) is 0 Å². The van der Waals surface area contributed by atoms with Gasteiger partial charge in [0.2, 0.25) is 11.8 Å². The molecule has 0 fully saturated rings. The lowest BCUT2D eigenvalue weighted by atomic mass is 10.0. The Morgan fingerprint density at radius 3 is 2.67 bits per heavy atom. The molecule has 3 aromatic rings. The number of alkyl halides is 3. The van der Waals surface area contributed by atoms with Crippen LogP contribution in [0.1, 0.15) is 30.7 Å². The van der Waals surface area contributed by atoms with E-state index in [1.807, 2.05) is 0 Å². The van der Waals surface area contributed by atoms with Crippen LogP contribution in [0.15, 0.2) is 47.4 Å². The number of hydrogen-bond donors (Lipinski definition) is 4. The summed E-state index contributed by atoms with van der Waals surface area (Å²) in [6.45, 7) is -0.324. The van der Waals surface area contributed by atoms with Gasteiger partial charge < -0.3 is 30.2 Å². The highest BCUT2D eigenvalue weighted by molar-refractivity contribution is 5.92. The van der Waals surface area contributed by atoms with Gasteiger partial charge in [0, 0.05) is 33.3 Å². The predicted molar refractivity (Wildman–Crippen MR) is 145 cm³/mol. The highest BCUT2D eigenvalue weighted by atomic mass is 19.4. The molecule has 42 heavy (non-hydrogen) atoms. The number of halogens is 4. The number of rotatable bonds is 12. The molecule has 4 N–H and O–H groups in total. The van der Waals surface area contributed by atoms with Gasteiger partial charge in [0.05, 0.1) is 23.5 Å². The number of anilines is 1. The van der Waals surface area contributed by atoms with E-state index < -0.39 is 48.3 Å². The van der Waals surface area contributed by atoms with E-state index in [4.69, 9.17) is 0 Å². The molecule has 226 valence electrons. The molecule has 0 radical (unpaired) electrons. The van der Waals surface area contributed by atoms with Crippen molar-refractivity contribution in [3.8, 4) is 0 Å². The summed E-state index contributed by atoms with van der Waals surface area (Å²) >= 11 is 0. The molecule has 0 aliphatic rings. The molecule has 0 spiro atoms. The first kappa shape index (κ1) is 31.8. The highest BCUT2D eigenvalue weighted by Crippen LogP contribution is 2.26. The van der Waals surface area contributed by atoms with Crippen LogP contribution in [0.3, 0.4) is 0 Å². The van der Waals surface area contributed by atoms with Crippen LogP contribution in [0.2, 0.25) is 0 Å². The van der Waals surface area contributed by atoms with Gasteiger partial charge in [-0.2, -0.15) is 13.2 Å². The standard InChI is InChI=1S/C27H30F4N6O5/c1-32-22(38)8-4-3-6-17(14-36(2)26(41)42)24(39)34-19-7-5-11-37(25(19)40)15-21-33-20-13-18(28)12-16(23(20)35-21)9-10-27(29,30)31/h4-5,7-8,11-13,17H,3,6,9-10,14-15H2,1-2H3,(H,32,38)(H,33,35)(H,34,39)(H,41,42)/b8-4+/t17-/m0/s1. The number of allylic oxidation sites excluding steroid dienone is 1. The average molecular weight is 595 g/mol. The number of carbonyl (C=O) groups excluding carboxylic acids is 2. The Hall–Kier alpha value is -4.69. The molecule has 0 aliphatic carbocycles. The predicted octanol–water partition coefficient (Wildman–Crippen LogP) is 3.65. The Labute approximate surface area is 237 Å². The Balaban J connectivity index is 1.80. The molecule has 3 amide bonds. The van der Waals surface area contributed by atoms with Crippen LogP contribution in [0, 0.1) is 11.7 Å². The van der Waals surface area contributed by atoms with Crippen LogP contribution in [0.4, 0.5) is 28.0 Å². The number of aryl methyl sites for hydroxylation is 1. The minimum atomic E-state index is -4.43. The van der Waals surface area contributed by atoms with Crippen molar-refractivity contribution in [1.82, 2.24) is 24.8 Å². The van der Waals surface area contributed by atoms with Crippen molar-refractivity contribution < 1.29 is 37.1 Å². The second-order valence-electron chi connectivity index (χ2n) is 9.56. The average Bonchev–Trinajstić information content (AvgIpc) is 3.32. The van der Waals surface area contributed by atoms with Crippen LogP contribution in [-0.4, -0.2) is 69.3 Å². The Kier molecular flexibility index (Phi) is 10.4. The largest absolute Gasteiger partial charge is 0.465 e. The van der Waals surface area contributed by atoms with Crippen molar-refractivity contribution in [2.75, 3.05) is 26.0 Å². The summed E-state index contributed by atoms with van der Waals surface area (Å²) in [5.74, 6) is -2.36. The molecule has 0 saturated carbocycles. The van der Waals surface area contributed by atoms with Crippen molar-refractivity contribution in [1.29, 1.82) is 0 Å². The first-order chi connectivity index (χ1) is 19.8. The molecular formula is C27H30F4N6O5. The van der Waals surface area contributed by atoms with Gasteiger partial charge in [-0.05, 0) is 55.2 Å². The summed E-state index contributed by atoms with van der Waals surface area (Å²) in [7, 11) is 2.76. The lowest BCUT2D eigenvalue weighted by molar-refractivity contribution is -0.134. The number of aromatic amines is 1. The number of amides is 3. The second kappa shape index (κ2) is 13.8. The van der Waals surface area contributed by atoms with E-state index >= 15 is 0 Å². The number of nitrogens with zero attached hydrogens (tertiary/aromatic N) is 3. The summed E-state index contributed by atoms with van der Waals surface area (Å²) in [6.07, 6.45) is -2.58. The van der Waals surface area contributed by atoms with Gasteiger partial charge in [0.15, 0.2) is 0 Å². The van der Waals surface area contributed by atoms with E-state index in [0.717, 1.165) is 17.0 Å². The molecule has 0 saturated heterocycles. The summed E-state index contributed by atoms with van der Waals surface area (Å²) < 4.78 is 53.5. The Bertz CT molecular complexity index is 1530. The molecule has 1 aromatic carbocycles. The molecule has 0 aliphatic heterocycles. The molecule has 2 heterocycles. The van der Waals surface area contributed by atoms with E-state index in [0.29, 0.717) is 0 Å². The Morgan fingerprint density at radius 1 is 1.26 bits per heavy atom. The number of likely N-dealkylation sites (N-methyl/N-ethyl adjacent to an activating group) is 1. The zero-order valence-corrected chi connectivity index (χ0v) is 22.8. The van der Waals surface area contributed by atoms with Gasteiger partial charge >= 0.3 is 12.3 Å². The van der Waals surface area contributed by atoms with E-state index in [-0.39, 0.29) is 59.9 Å². The fourth-order valence-electron chi connectivity index (χ4n) is 4.18. The maximum Gasteiger partial charge on any atom is 0.407 e. The van der Waals surface area contributed by atoms with Gasteiger partial charge in [-0.25, -0.2) is 14.2 Å². The zero-order valence-electron chi connectivity index (χ0n) is 22.8. The van der Waals surface area contributed by atoms with E-state index in [2.05, 4.69) is 20.6 Å². The molecule has 1 atom stereocenters. The third-order valence-corrected chi connectivity index (χ3v) is 6.34. The summed E-state index contributed by atoms with van der Waals surface area (Å²) in [5, 5.41) is 14.2. The molecule has 3 rings (SSSR count). The second-order valence-corrected chi connectivity index (χ2v) is 9.56.